The van der Waals surface area contributed by atoms with Crippen LogP contribution in [0, 0.1) is 24.7 Å². The van der Waals surface area contributed by atoms with Crippen molar-refractivity contribution in [2.45, 2.75) is 52.1 Å². The van der Waals surface area contributed by atoms with E-state index in [1.54, 1.807) is 0 Å². The first-order valence-electron chi connectivity index (χ1n) is 9.97. The number of nitrogens with two attached hydrogens (primary N) is 1. The Morgan fingerprint density at radius 1 is 1.22 bits per heavy atom. The summed E-state index contributed by atoms with van der Waals surface area (Å²) < 4.78 is 0. The van der Waals surface area contributed by atoms with Gasteiger partial charge in [-0.3, -0.25) is 19.3 Å². The van der Waals surface area contributed by atoms with Gasteiger partial charge in [-0.25, -0.2) is 0 Å². The maximum Gasteiger partial charge on any atom is 0.291 e. The fourth-order valence-electron chi connectivity index (χ4n) is 5.26. The van der Waals surface area contributed by atoms with Gasteiger partial charge in [0.25, 0.3) is 5.91 Å². The highest BCUT2D eigenvalue weighted by molar-refractivity contribution is 6.14. The molecule has 6 heteroatoms. The zero-order chi connectivity index (χ0) is 19.5. The molecule has 4 atom stereocenters. The molecule has 3 N–H and O–H groups in total. The fraction of sp³-hybridized carbons (Fsp3) is 0.571. The van der Waals surface area contributed by atoms with Crippen LogP contribution < -0.4 is 10.6 Å². The number of hydrogen-bond acceptors (Lipinski definition) is 3. The highest BCUT2D eigenvalue weighted by atomic mass is 16.2. The van der Waals surface area contributed by atoms with Gasteiger partial charge in [-0.2, -0.15) is 0 Å². The first-order valence-corrected chi connectivity index (χ1v) is 9.97. The van der Waals surface area contributed by atoms with Gasteiger partial charge in [-0.05, 0) is 18.9 Å². The lowest BCUT2D eigenvalue weighted by Crippen LogP contribution is -2.99. The molecule has 2 fully saturated rings. The third-order valence-electron chi connectivity index (χ3n) is 6.64. The zero-order valence-electron chi connectivity index (χ0n) is 16.4. The van der Waals surface area contributed by atoms with Crippen molar-refractivity contribution in [1.29, 1.82) is 0 Å². The number of fused-ring (bicyclic) bond motifs is 4. The van der Waals surface area contributed by atoms with E-state index in [1.165, 1.54) is 4.90 Å². The molecule has 1 aromatic rings. The molecule has 0 bridgehead atoms. The van der Waals surface area contributed by atoms with Crippen LogP contribution in [-0.2, 0) is 19.9 Å². The largest absolute Gasteiger partial charge is 0.326 e. The quantitative estimate of drug-likeness (QED) is 0.780. The zero-order valence-corrected chi connectivity index (χ0v) is 16.4. The Balaban J connectivity index is 1.87. The van der Waals surface area contributed by atoms with E-state index in [0.29, 0.717) is 6.54 Å². The molecule has 1 spiro atoms. The van der Waals surface area contributed by atoms with E-state index in [2.05, 4.69) is 19.2 Å². The molecule has 0 saturated carbocycles. The maximum atomic E-state index is 13.4. The first kappa shape index (κ1) is 18.2. The summed E-state index contributed by atoms with van der Waals surface area (Å²) in [5, 5.41) is 5.03. The van der Waals surface area contributed by atoms with E-state index < -0.39 is 17.4 Å². The molecule has 3 aliphatic heterocycles. The van der Waals surface area contributed by atoms with Crippen molar-refractivity contribution >= 4 is 23.4 Å². The molecule has 2 saturated heterocycles. The van der Waals surface area contributed by atoms with Crippen LogP contribution in [0.4, 0.5) is 5.69 Å². The number of likely N-dealkylation sites (tertiary alicyclic amines) is 1. The lowest BCUT2D eigenvalue weighted by molar-refractivity contribution is -0.738. The molecule has 3 aliphatic rings. The van der Waals surface area contributed by atoms with Gasteiger partial charge in [0.05, 0.1) is 5.69 Å². The number of unbranched alkanes of at least 4 members (excludes halogenated alkanes) is 1. The van der Waals surface area contributed by atoms with Gasteiger partial charge in [0.15, 0.2) is 0 Å². The summed E-state index contributed by atoms with van der Waals surface area (Å²) in [5.41, 5.74) is 1.60. The molecule has 4 rings (SSSR count). The highest BCUT2D eigenvalue weighted by Gasteiger charge is 2.74. The third-order valence-corrected chi connectivity index (χ3v) is 6.64. The second-order valence-electron chi connectivity index (χ2n) is 8.49. The molecule has 144 valence electrons. The summed E-state index contributed by atoms with van der Waals surface area (Å²) in [7, 11) is 0. The predicted molar refractivity (Wildman–Crippen MR) is 101 cm³/mol. The number of carbonyl (C=O) groups excluding carboxylic acids is 3. The molecule has 27 heavy (non-hydrogen) atoms. The number of nitrogens with zero attached hydrogens (tertiary/aromatic N) is 1. The van der Waals surface area contributed by atoms with E-state index in [1.807, 2.05) is 37.4 Å². The van der Waals surface area contributed by atoms with Crippen molar-refractivity contribution in [1.82, 2.24) is 4.90 Å². The van der Waals surface area contributed by atoms with Gasteiger partial charge in [0, 0.05) is 18.0 Å². The number of aryl methyl sites for hydroxylation is 1. The van der Waals surface area contributed by atoms with Crippen LogP contribution in [-0.4, -0.2) is 35.2 Å². The van der Waals surface area contributed by atoms with E-state index in [-0.39, 0.29) is 29.7 Å². The van der Waals surface area contributed by atoms with Gasteiger partial charge in [-0.15, -0.1) is 0 Å². The molecular formula is C21H28N3O3+. The smallest absolute Gasteiger partial charge is 0.291 e. The summed E-state index contributed by atoms with van der Waals surface area (Å²) >= 11 is 0. The Hall–Kier alpha value is -2.21. The van der Waals surface area contributed by atoms with E-state index in [9.17, 15) is 14.4 Å². The van der Waals surface area contributed by atoms with Crippen LogP contribution in [0.5, 0.6) is 0 Å². The number of benzene rings is 1. The van der Waals surface area contributed by atoms with Crippen LogP contribution in [0.1, 0.15) is 44.7 Å². The van der Waals surface area contributed by atoms with Crippen LogP contribution >= 0.6 is 0 Å². The SMILES string of the molecule is CCCCN1C(=O)[C@@H]2[C@@H](C(C)C)[NH2+][C@@]3(C(=O)Nc4c(C)cccc43)[C@@H]2C1=O. The third kappa shape index (κ3) is 2.25. The highest BCUT2D eigenvalue weighted by Crippen LogP contribution is 2.50. The Kier molecular flexibility index (Phi) is 4.14. The van der Waals surface area contributed by atoms with Crippen LogP contribution in [0.15, 0.2) is 18.2 Å². The van der Waals surface area contributed by atoms with Gasteiger partial charge < -0.3 is 10.6 Å². The number of amides is 3. The Labute approximate surface area is 159 Å². The molecule has 0 radical (unpaired) electrons. The molecular weight excluding hydrogens is 342 g/mol. The molecule has 3 heterocycles. The number of para-hydroxylation sites is 1. The van der Waals surface area contributed by atoms with Crippen molar-refractivity contribution in [2.24, 2.45) is 17.8 Å². The molecule has 3 amide bonds. The normalized spacial score (nSPS) is 31.8. The average Bonchev–Trinajstić information content (AvgIpc) is 3.21. The van der Waals surface area contributed by atoms with Gasteiger partial charge in [0.1, 0.15) is 17.9 Å². The van der Waals surface area contributed by atoms with Crippen molar-refractivity contribution in [3.05, 3.63) is 29.3 Å². The summed E-state index contributed by atoms with van der Waals surface area (Å²) in [5.74, 6) is -1.32. The summed E-state index contributed by atoms with van der Waals surface area (Å²) in [6.07, 6.45) is 1.71. The number of imide groups is 1. The Morgan fingerprint density at radius 3 is 2.63 bits per heavy atom. The van der Waals surface area contributed by atoms with Crippen molar-refractivity contribution in [2.75, 3.05) is 11.9 Å². The molecule has 1 aromatic carbocycles. The van der Waals surface area contributed by atoms with Crippen LogP contribution in [0.2, 0.25) is 0 Å². The number of carbonyl (C=O) groups is 3. The molecule has 0 unspecified atom stereocenters. The minimum atomic E-state index is -1.03. The second-order valence-corrected chi connectivity index (χ2v) is 8.49. The summed E-state index contributed by atoms with van der Waals surface area (Å²) in [6.45, 7) is 8.58. The summed E-state index contributed by atoms with van der Waals surface area (Å²) in [6, 6.07) is 5.73. The van der Waals surface area contributed by atoms with Gasteiger partial charge >= 0.3 is 0 Å². The molecule has 0 aromatic heterocycles. The minimum Gasteiger partial charge on any atom is -0.326 e. The van der Waals surface area contributed by atoms with Crippen molar-refractivity contribution < 1.29 is 19.7 Å². The standard InChI is InChI=1S/C21H27N3O3/c1-5-6-10-24-18(25)14-15(19(24)26)21(23-16(14)11(2)3)13-9-7-8-12(4)17(13)22-20(21)27/h7-9,11,14-16,23H,5-6,10H2,1-4H3,(H,22,27)/p+1/t14-,15-,16+,21+/m0/s1. The first-order chi connectivity index (χ1) is 12.8. The lowest BCUT2D eigenvalue weighted by atomic mass is 9.75. The predicted octanol–water partition coefficient (Wildman–Crippen LogP) is 1.15. The van der Waals surface area contributed by atoms with Gasteiger partial charge in [-0.1, -0.05) is 45.4 Å². The number of quaternary nitrogens is 1. The van der Waals surface area contributed by atoms with Crippen LogP contribution in [0.3, 0.4) is 0 Å². The lowest BCUT2D eigenvalue weighted by Gasteiger charge is -2.27. The van der Waals surface area contributed by atoms with Crippen molar-refractivity contribution in [3.8, 4) is 0 Å². The number of rotatable bonds is 4. The monoisotopic (exact) mass is 370 g/mol. The van der Waals surface area contributed by atoms with E-state index in [4.69, 9.17) is 0 Å². The second kappa shape index (κ2) is 6.16. The average molecular weight is 370 g/mol. The van der Waals surface area contributed by atoms with Crippen LogP contribution in [0.25, 0.3) is 0 Å². The minimum absolute atomic E-state index is 0.0877. The number of hydrogen-bond donors (Lipinski definition) is 2. The molecule has 0 aliphatic carbocycles. The fourth-order valence-corrected chi connectivity index (χ4v) is 5.26. The maximum absolute atomic E-state index is 13.4. The summed E-state index contributed by atoms with van der Waals surface area (Å²) in [4.78, 5) is 41.3. The van der Waals surface area contributed by atoms with Crippen molar-refractivity contribution in [3.63, 3.8) is 0 Å². The Bertz CT molecular complexity index is 834. The number of anilines is 1. The topological polar surface area (TPSA) is 83.1 Å². The van der Waals surface area contributed by atoms with Gasteiger partial charge in [0.2, 0.25) is 17.4 Å². The Morgan fingerprint density at radius 2 is 1.96 bits per heavy atom. The van der Waals surface area contributed by atoms with E-state index in [0.717, 1.165) is 29.7 Å². The molecule has 6 nitrogen and oxygen atoms in total. The van der Waals surface area contributed by atoms with E-state index >= 15 is 0 Å². The number of nitrogens with one attached hydrogen (secondary N) is 1.